The summed E-state index contributed by atoms with van der Waals surface area (Å²) in [5.74, 6) is -0.976. The number of nitrogens with one attached hydrogen (secondary N) is 1. The SMILES string of the molecule is CCCCNC(=O)[C@H](C)N(Cc1ccc(Cl)cc1Cl)C(=O)CN(c1ccccc1Cl)S(=O)(=O)c1ccccc1. The summed E-state index contributed by atoms with van der Waals surface area (Å²) in [4.78, 5) is 28.2. The molecule has 0 heterocycles. The number of nitrogens with zero attached hydrogens (tertiary/aromatic N) is 2. The third-order valence-electron chi connectivity index (χ3n) is 6.08. The van der Waals surface area contributed by atoms with Crippen molar-refractivity contribution in [3.05, 3.63) is 93.4 Å². The molecule has 0 fully saturated rings. The minimum absolute atomic E-state index is 0.00428. The Morgan fingerprint density at radius 3 is 2.23 bits per heavy atom. The molecular formula is C28H30Cl3N3O4S. The van der Waals surface area contributed by atoms with Crippen molar-refractivity contribution in [1.29, 1.82) is 0 Å². The van der Waals surface area contributed by atoms with Crippen molar-refractivity contribution in [2.75, 3.05) is 17.4 Å². The minimum Gasteiger partial charge on any atom is -0.354 e. The van der Waals surface area contributed by atoms with E-state index in [1.54, 1.807) is 61.5 Å². The highest BCUT2D eigenvalue weighted by Gasteiger charge is 2.33. The highest BCUT2D eigenvalue weighted by molar-refractivity contribution is 7.92. The third-order valence-corrected chi connectivity index (χ3v) is 8.76. The maximum absolute atomic E-state index is 13.9. The zero-order valence-corrected chi connectivity index (χ0v) is 24.7. The first-order chi connectivity index (χ1) is 18.6. The van der Waals surface area contributed by atoms with Gasteiger partial charge in [0.15, 0.2) is 0 Å². The van der Waals surface area contributed by atoms with Gasteiger partial charge in [-0.25, -0.2) is 8.42 Å². The summed E-state index contributed by atoms with van der Waals surface area (Å²) in [5.41, 5.74) is 0.693. The van der Waals surface area contributed by atoms with Gasteiger partial charge >= 0.3 is 0 Å². The largest absolute Gasteiger partial charge is 0.354 e. The monoisotopic (exact) mass is 609 g/mol. The second-order valence-corrected chi connectivity index (χ2v) is 12.0. The average Bonchev–Trinajstić information content (AvgIpc) is 2.92. The molecule has 0 spiro atoms. The van der Waals surface area contributed by atoms with E-state index in [0.717, 1.165) is 17.1 Å². The molecule has 0 radical (unpaired) electrons. The predicted octanol–water partition coefficient (Wildman–Crippen LogP) is 6.18. The molecule has 11 heteroatoms. The fraction of sp³-hybridized carbons (Fsp3) is 0.286. The van der Waals surface area contributed by atoms with Crippen LogP contribution in [0.1, 0.15) is 32.3 Å². The van der Waals surface area contributed by atoms with Crippen LogP contribution in [0.4, 0.5) is 5.69 Å². The number of benzene rings is 3. The van der Waals surface area contributed by atoms with Crippen LogP contribution in [0.25, 0.3) is 0 Å². The van der Waals surface area contributed by atoms with E-state index in [0.29, 0.717) is 22.2 Å². The molecule has 0 saturated carbocycles. The number of carbonyl (C=O) groups excluding carboxylic acids is 2. The molecule has 208 valence electrons. The van der Waals surface area contributed by atoms with Crippen molar-refractivity contribution in [2.24, 2.45) is 0 Å². The summed E-state index contributed by atoms with van der Waals surface area (Å²) < 4.78 is 28.5. The molecule has 0 saturated heterocycles. The van der Waals surface area contributed by atoms with Crippen LogP contribution in [0.2, 0.25) is 15.1 Å². The molecule has 7 nitrogen and oxygen atoms in total. The van der Waals surface area contributed by atoms with Gasteiger partial charge in [-0.05, 0) is 55.3 Å². The van der Waals surface area contributed by atoms with Crippen LogP contribution in [0.3, 0.4) is 0 Å². The zero-order valence-electron chi connectivity index (χ0n) is 21.6. The van der Waals surface area contributed by atoms with Crippen LogP contribution in [-0.2, 0) is 26.2 Å². The van der Waals surface area contributed by atoms with E-state index in [4.69, 9.17) is 34.8 Å². The van der Waals surface area contributed by atoms with Gasteiger partial charge in [-0.1, -0.05) is 84.5 Å². The number of halogens is 3. The van der Waals surface area contributed by atoms with E-state index < -0.39 is 28.5 Å². The molecule has 1 atom stereocenters. The van der Waals surface area contributed by atoms with E-state index in [1.807, 2.05) is 6.92 Å². The summed E-state index contributed by atoms with van der Waals surface area (Å²) in [6.45, 7) is 3.41. The first kappa shape index (κ1) is 30.8. The number of hydrogen-bond donors (Lipinski definition) is 1. The second kappa shape index (κ2) is 14.0. The van der Waals surface area contributed by atoms with E-state index in [9.17, 15) is 18.0 Å². The van der Waals surface area contributed by atoms with Gasteiger partial charge in [0.25, 0.3) is 10.0 Å². The lowest BCUT2D eigenvalue weighted by molar-refractivity contribution is -0.139. The van der Waals surface area contributed by atoms with Gasteiger partial charge in [0.05, 0.1) is 15.6 Å². The molecule has 0 bridgehead atoms. The van der Waals surface area contributed by atoms with Gasteiger partial charge in [0, 0.05) is 23.1 Å². The Morgan fingerprint density at radius 2 is 1.59 bits per heavy atom. The lowest BCUT2D eigenvalue weighted by atomic mass is 10.1. The highest BCUT2D eigenvalue weighted by atomic mass is 35.5. The van der Waals surface area contributed by atoms with Crippen LogP contribution in [-0.4, -0.2) is 44.3 Å². The summed E-state index contributed by atoms with van der Waals surface area (Å²) in [5, 5.41) is 3.73. The number of anilines is 1. The van der Waals surface area contributed by atoms with Gasteiger partial charge in [-0.3, -0.25) is 13.9 Å². The maximum Gasteiger partial charge on any atom is 0.264 e. The van der Waals surface area contributed by atoms with Crippen LogP contribution < -0.4 is 9.62 Å². The second-order valence-electron chi connectivity index (χ2n) is 8.85. The number of carbonyl (C=O) groups is 2. The normalized spacial score (nSPS) is 12.0. The molecule has 2 amide bonds. The Labute approximate surface area is 244 Å². The Morgan fingerprint density at radius 1 is 0.923 bits per heavy atom. The Balaban J connectivity index is 2.02. The third kappa shape index (κ3) is 7.88. The van der Waals surface area contributed by atoms with E-state index in [2.05, 4.69) is 5.32 Å². The average molecular weight is 611 g/mol. The Kier molecular flexibility index (Phi) is 11.1. The molecule has 0 aromatic heterocycles. The standard InChI is InChI=1S/C28H30Cl3N3O4S/c1-3-4-16-32-28(36)20(2)33(18-21-14-15-22(29)17-25(21)31)27(35)19-34(26-13-9-8-12-24(26)30)39(37,38)23-10-6-5-7-11-23/h5-15,17,20H,3-4,16,18-19H2,1-2H3,(H,32,36)/t20-/m0/s1. The van der Waals surface area contributed by atoms with Crippen molar-refractivity contribution in [3.63, 3.8) is 0 Å². The smallest absolute Gasteiger partial charge is 0.264 e. The van der Waals surface area contributed by atoms with Gasteiger partial charge in [0.2, 0.25) is 11.8 Å². The number of para-hydroxylation sites is 1. The fourth-order valence-corrected chi connectivity index (χ4v) is 6.05. The van der Waals surface area contributed by atoms with Crippen molar-refractivity contribution in [3.8, 4) is 0 Å². The maximum atomic E-state index is 13.9. The minimum atomic E-state index is -4.20. The van der Waals surface area contributed by atoms with Crippen molar-refractivity contribution in [2.45, 2.75) is 44.2 Å². The van der Waals surface area contributed by atoms with Crippen LogP contribution in [0, 0.1) is 0 Å². The van der Waals surface area contributed by atoms with Gasteiger partial charge in [-0.15, -0.1) is 0 Å². The van der Waals surface area contributed by atoms with Crippen molar-refractivity contribution < 1.29 is 18.0 Å². The number of unbranched alkanes of at least 4 members (excludes halogenated alkanes) is 1. The molecule has 3 aromatic carbocycles. The Hall–Kier alpha value is -2.78. The van der Waals surface area contributed by atoms with Crippen molar-refractivity contribution >= 4 is 62.3 Å². The molecule has 39 heavy (non-hydrogen) atoms. The topological polar surface area (TPSA) is 86.8 Å². The fourth-order valence-electron chi connectivity index (χ4n) is 3.84. The van der Waals surface area contributed by atoms with Crippen LogP contribution in [0.5, 0.6) is 0 Å². The number of rotatable bonds is 12. The first-order valence-corrected chi connectivity index (χ1v) is 15.0. The highest BCUT2D eigenvalue weighted by Crippen LogP contribution is 2.31. The quantitative estimate of drug-likeness (QED) is 0.248. The molecule has 3 rings (SSSR count). The number of sulfonamides is 1. The number of amides is 2. The summed E-state index contributed by atoms with van der Waals surface area (Å²) in [6, 6.07) is 18.1. The summed E-state index contributed by atoms with van der Waals surface area (Å²) in [7, 11) is -4.20. The molecule has 1 N–H and O–H groups in total. The number of hydrogen-bond acceptors (Lipinski definition) is 4. The van der Waals surface area contributed by atoms with E-state index in [1.165, 1.54) is 23.1 Å². The van der Waals surface area contributed by atoms with Crippen LogP contribution in [0.15, 0.2) is 77.7 Å². The molecule has 3 aromatic rings. The van der Waals surface area contributed by atoms with Crippen molar-refractivity contribution in [1.82, 2.24) is 10.2 Å². The molecule has 0 aliphatic heterocycles. The molecule has 0 unspecified atom stereocenters. The van der Waals surface area contributed by atoms with E-state index in [-0.39, 0.29) is 28.1 Å². The lowest BCUT2D eigenvalue weighted by Gasteiger charge is -2.32. The summed E-state index contributed by atoms with van der Waals surface area (Å²) >= 11 is 18.8. The predicted molar refractivity (Wildman–Crippen MR) is 157 cm³/mol. The Bertz CT molecular complexity index is 1400. The van der Waals surface area contributed by atoms with Gasteiger partial charge < -0.3 is 10.2 Å². The first-order valence-electron chi connectivity index (χ1n) is 12.4. The zero-order chi connectivity index (χ0) is 28.6. The lowest BCUT2D eigenvalue weighted by Crippen LogP contribution is -2.51. The van der Waals surface area contributed by atoms with Gasteiger partial charge in [-0.2, -0.15) is 0 Å². The van der Waals surface area contributed by atoms with Gasteiger partial charge in [0.1, 0.15) is 12.6 Å². The molecule has 0 aliphatic carbocycles. The summed E-state index contributed by atoms with van der Waals surface area (Å²) in [6.07, 6.45) is 1.67. The van der Waals surface area contributed by atoms with E-state index >= 15 is 0 Å². The molecule has 0 aliphatic rings. The molecular weight excluding hydrogens is 581 g/mol. The van der Waals surface area contributed by atoms with Crippen LogP contribution >= 0.6 is 34.8 Å².